The van der Waals surface area contributed by atoms with Gasteiger partial charge in [0.15, 0.2) is 0 Å². The number of rotatable bonds is 3. The Morgan fingerprint density at radius 1 is 1.42 bits per heavy atom. The summed E-state index contributed by atoms with van der Waals surface area (Å²) in [4.78, 5) is 26.3. The van der Waals surface area contributed by atoms with E-state index in [1.54, 1.807) is 23.8 Å². The van der Waals surface area contributed by atoms with Gasteiger partial charge in [-0.05, 0) is 41.2 Å². The van der Waals surface area contributed by atoms with Crippen LogP contribution >= 0.6 is 0 Å². The Hall–Kier alpha value is -1.30. The lowest BCUT2D eigenvalue weighted by atomic mass is 10.2. The van der Waals surface area contributed by atoms with Gasteiger partial charge in [0.25, 0.3) is 0 Å². The molecule has 2 unspecified atom stereocenters. The number of nitrogens with zero attached hydrogens (tertiary/aromatic N) is 2. The van der Waals surface area contributed by atoms with Crippen LogP contribution in [0.3, 0.4) is 0 Å². The number of carbonyl (C=O) groups is 2. The maximum atomic E-state index is 11.9. The van der Waals surface area contributed by atoms with Crippen molar-refractivity contribution in [1.82, 2.24) is 9.80 Å². The van der Waals surface area contributed by atoms with Crippen LogP contribution in [0, 0.1) is 0 Å². The van der Waals surface area contributed by atoms with Crippen molar-refractivity contribution >= 4 is 12.1 Å². The van der Waals surface area contributed by atoms with Crippen LogP contribution in [0.1, 0.15) is 34.1 Å². The maximum Gasteiger partial charge on any atom is 0.410 e. The van der Waals surface area contributed by atoms with Crippen molar-refractivity contribution in [2.75, 3.05) is 20.1 Å². The Kier molecular flexibility index (Phi) is 4.79. The Morgan fingerprint density at radius 3 is 2.47 bits per heavy atom. The molecule has 0 aliphatic carbocycles. The van der Waals surface area contributed by atoms with E-state index in [1.165, 1.54) is 0 Å². The van der Waals surface area contributed by atoms with E-state index in [9.17, 15) is 9.59 Å². The lowest BCUT2D eigenvalue weighted by molar-refractivity contribution is -0.142. The smallest absolute Gasteiger partial charge is 0.410 e. The molecule has 1 amide bonds. The van der Waals surface area contributed by atoms with Crippen molar-refractivity contribution in [3.63, 3.8) is 0 Å². The summed E-state index contributed by atoms with van der Waals surface area (Å²) in [6.45, 7) is 8.27. The van der Waals surface area contributed by atoms with Crippen LogP contribution < -0.4 is 0 Å². The first-order valence-electron chi connectivity index (χ1n) is 6.54. The van der Waals surface area contributed by atoms with E-state index in [2.05, 4.69) is 0 Å². The second kappa shape index (κ2) is 5.77. The molecule has 1 heterocycles. The number of likely N-dealkylation sites (N-methyl/N-ethyl adjacent to an activating group) is 1. The molecule has 0 aromatic carbocycles. The molecule has 110 valence electrons. The van der Waals surface area contributed by atoms with Crippen LogP contribution in [-0.4, -0.2) is 64.8 Å². The van der Waals surface area contributed by atoms with Crippen LogP contribution in [0.25, 0.3) is 0 Å². The van der Waals surface area contributed by atoms with Crippen LogP contribution in [0.5, 0.6) is 0 Å². The molecule has 2 atom stereocenters. The predicted octanol–water partition coefficient (Wildman–Crippen LogP) is 1.40. The predicted molar refractivity (Wildman–Crippen MR) is 71.1 cm³/mol. The molecule has 1 fully saturated rings. The quantitative estimate of drug-likeness (QED) is 0.841. The van der Waals surface area contributed by atoms with Crippen molar-refractivity contribution in [3.8, 4) is 0 Å². The summed E-state index contributed by atoms with van der Waals surface area (Å²) in [6.07, 6.45) is 0.444. The average Bonchev–Trinajstić information content (AvgIpc) is 2.73. The number of likely N-dealkylation sites (tertiary alicyclic amines) is 1. The lowest BCUT2D eigenvalue weighted by Crippen LogP contribution is -2.45. The molecule has 1 saturated heterocycles. The molecule has 6 nitrogen and oxygen atoms in total. The highest BCUT2D eigenvalue weighted by Crippen LogP contribution is 2.19. The lowest BCUT2D eigenvalue weighted by Gasteiger charge is -2.28. The van der Waals surface area contributed by atoms with E-state index in [0.717, 1.165) is 6.42 Å². The van der Waals surface area contributed by atoms with E-state index in [0.29, 0.717) is 13.1 Å². The molecule has 0 saturated carbocycles. The minimum atomic E-state index is -0.849. The van der Waals surface area contributed by atoms with Gasteiger partial charge in [0, 0.05) is 19.1 Å². The standard InChI is InChI=1S/C13H24N2O4/c1-9(11(16)17)14(5)10-6-7-15(8-10)12(18)19-13(2,3)4/h9-10H,6-8H2,1-5H3,(H,16,17). The van der Waals surface area contributed by atoms with E-state index in [1.807, 2.05) is 20.8 Å². The summed E-state index contributed by atoms with van der Waals surface area (Å²) in [6, 6.07) is -0.484. The third-order valence-corrected chi connectivity index (χ3v) is 3.36. The monoisotopic (exact) mass is 272 g/mol. The molecule has 1 aliphatic heterocycles. The zero-order valence-corrected chi connectivity index (χ0v) is 12.3. The van der Waals surface area contributed by atoms with Gasteiger partial charge in [0.1, 0.15) is 11.6 Å². The molecular formula is C13H24N2O4. The zero-order chi connectivity index (χ0) is 14.8. The average molecular weight is 272 g/mol. The molecular weight excluding hydrogens is 248 g/mol. The number of aliphatic carboxylic acids is 1. The van der Waals surface area contributed by atoms with Crippen LogP contribution in [0.4, 0.5) is 4.79 Å². The van der Waals surface area contributed by atoms with E-state index in [4.69, 9.17) is 9.84 Å². The summed E-state index contributed by atoms with van der Waals surface area (Å²) in [5, 5.41) is 8.99. The zero-order valence-electron chi connectivity index (χ0n) is 12.3. The molecule has 19 heavy (non-hydrogen) atoms. The summed E-state index contributed by atoms with van der Waals surface area (Å²) in [5.74, 6) is -0.849. The highest BCUT2D eigenvalue weighted by atomic mass is 16.6. The van der Waals surface area contributed by atoms with Gasteiger partial charge in [-0.3, -0.25) is 9.69 Å². The number of hydrogen-bond donors (Lipinski definition) is 1. The summed E-state index contributed by atoms with van der Waals surface area (Å²) in [7, 11) is 1.78. The molecule has 6 heteroatoms. The first kappa shape index (κ1) is 15.8. The van der Waals surface area contributed by atoms with Gasteiger partial charge in [-0.25, -0.2) is 4.79 Å². The van der Waals surface area contributed by atoms with Crippen molar-refractivity contribution in [3.05, 3.63) is 0 Å². The first-order valence-corrected chi connectivity index (χ1v) is 6.54. The van der Waals surface area contributed by atoms with Crippen molar-refractivity contribution in [2.24, 2.45) is 0 Å². The minimum absolute atomic E-state index is 0.0682. The highest BCUT2D eigenvalue weighted by molar-refractivity contribution is 5.73. The molecule has 0 aromatic rings. The van der Waals surface area contributed by atoms with Gasteiger partial charge in [0.05, 0.1) is 0 Å². The molecule has 0 aromatic heterocycles. The molecule has 1 N–H and O–H groups in total. The number of carboxylic acid groups (broad SMARTS) is 1. The fourth-order valence-corrected chi connectivity index (χ4v) is 2.06. The third kappa shape index (κ3) is 4.38. The molecule has 1 rings (SSSR count). The van der Waals surface area contributed by atoms with Gasteiger partial charge < -0.3 is 14.7 Å². The van der Waals surface area contributed by atoms with Gasteiger partial charge in [-0.2, -0.15) is 0 Å². The second-order valence-electron chi connectivity index (χ2n) is 6.05. The minimum Gasteiger partial charge on any atom is -0.480 e. The first-order chi connectivity index (χ1) is 8.61. The van der Waals surface area contributed by atoms with Gasteiger partial charge in [-0.15, -0.1) is 0 Å². The topological polar surface area (TPSA) is 70.1 Å². The largest absolute Gasteiger partial charge is 0.480 e. The van der Waals surface area contributed by atoms with Gasteiger partial charge in [-0.1, -0.05) is 0 Å². The number of hydrogen-bond acceptors (Lipinski definition) is 4. The number of amides is 1. The summed E-state index contributed by atoms with van der Waals surface area (Å²) < 4.78 is 5.31. The van der Waals surface area contributed by atoms with E-state index < -0.39 is 17.6 Å². The van der Waals surface area contributed by atoms with Crippen molar-refractivity contribution in [1.29, 1.82) is 0 Å². The number of carboxylic acids is 1. The van der Waals surface area contributed by atoms with Crippen molar-refractivity contribution < 1.29 is 19.4 Å². The number of ether oxygens (including phenoxy) is 1. The Bertz CT molecular complexity index is 351. The van der Waals surface area contributed by atoms with Crippen LogP contribution in [-0.2, 0) is 9.53 Å². The van der Waals surface area contributed by atoms with Crippen LogP contribution in [0.2, 0.25) is 0 Å². The highest BCUT2D eigenvalue weighted by Gasteiger charge is 2.34. The van der Waals surface area contributed by atoms with E-state index >= 15 is 0 Å². The maximum absolute atomic E-state index is 11.9. The Labute approximate surface area is 114 Å². The second-order valence-corrected chi connectivity index (χ2v) is 6.05. The molecule has 1 aliphatic rings. The molecule has 0 spiro atoms. The van der Waals surface area contributed by atoms with Gasteiger partial charge >= 0.3 is 12.1 Å². The number of carbonyl (C=O) groups excluding carboxylic acids is 1. The fourth-order valence-electron chi connectivity index (χ4n) is 2.06. The summed E-state index contributed by atoms with van der Waals surface area (Å²) in [5.41, 5.74) is -0.505. The molecule has 0 radical (unpaired) electrons. The third-order valence-electron chi connectivity index (χ3n) is 3.36. The Morgan fingerprint density at radius 2 is 2.00 bits per heavy atom. The fraction of sp³-hybridized carbons (Fsp3) is 0.846. The normalized spacial score (nSPS) is 21.6. The Balaban J connectivity index is 2.54. The molecule has 0 bridgehead atoms. The van der Waals surface area contributed by atoms with Crippen molar-refractivity contribution in [2.45, 2.75) is 51.8 Å². The van der Waals surface area contributed by atoms with Gasteiger partial charge in [0.2, 0.25) is 0 Å². The SMILES string of the molecule is CC(C(=O)O)N(C)C1CCN(C(=O)OC(C)(C)C)C1. The van der Waals surface area contributed by atoms with Crippen LogP contribution in [0.15, 0.2) is 0 Å². The van der Waals surface area contributed by atoms with E-state index in [-0.39, 0.29) is 12.1 Å². The summed E-state index contributed by atoms with van der Waals surface area (Å²) >= 11 is 0.